The fourth-order valence-electron chi connectivity index (χ4n) is 1.95. The monoisotopic (exact) mass is 274 g/mol. The van der Waals surface area contributed by atoms with Crippen LogP contribution in [0.1, 0.15) is 19.7 Å². The van der Waals surface area contributed by atoms with Crippen LogP contribution in [0.3, 0.4) is 0 Å². The maximum atomic E-state index is 12.3. The molecule has 2 aromatic rings. The summed E-state index contributed by atoms with van der Waals surface area (Å²) in [7, 11) is 0. The topological polar surface area (TPSA) is 61.2 Å². The van der Waals surface area contributed by atoms with Crippen molar-refractivity contribution in [3.05, 3.63) is 40.4 Å². The lowest BCUT2D eigenvalue weighted by molar-refractivity contribution is -0.147. The van der Waals surface area contributed by atoms with Crippen LogP contribution in [0.2, 0.25) is 0 Å². The maximum absolute atomic E-state index is 12.3. The molecule has 0 radical (unpaired) electrons. The van der Waals surface area contributed by atoms with Crippen LogP contribution in [0, 0.1) is 12.8 Å². The summed E-state index contributed by atoms with van der Waals surface area (Å²) in [6.45, 7) is 5.82. The number of benzene rings is 1. The second-order valence-electron chi connectivity index (χ2n) is 4.96. The van der Waals surface area contributed by atoms with Crippen LogP contribution in [0.5, 0.6) is 0 Å². The van der Waals surface area contributed by atoms with Gasteiger partial charge in [-0.3, -0.25) is 14.2 Å². The Labute approximate surface area is 117 Å². The van der Waals surface area contributed by atoms with Gasteiger partial charge in [-0.15, -0.1) is 0 Å². The van der Waals surface area contributed by atoms with E-state index in [0.717, 1.165) is 0 Å². The van der Waals surface area contributed by atoms with Gasteiger partial charge in [0.1, 0.15) is 12.4 Å². The molecule has 0 saturated carbocycles. The molecule has 0 N–H and O–H groups in total. The molecule has 0 aliphatic heterocycles. The number of hydrogen-bond acceptors (Lipinski definition) is 4. The zero-order valence-corrected chi connectivity index (χ0v) is 11.9. The molecule has 0 fully saturated rings. The number of para-hydroxylation sites is 1. The Kier molecular flexibility index (Phi) is 4.17. The number of fused-ring (bicyclic) bond motifs is 1. The number of hydrogen-bond donors (Lipinski definition) is 0. The van der Waals surface area contributed by atoms with Crippen LogP contribution < -0.4 is 5.56 Å². The van der Waals surface area contributed by atoms with Crippen LogP contribution in [0.15, 0.2) is 29.1 Å². The first kappa shape index (κ1) is 14.2. The van der Waals surface area contributed by atoms with Gasteiger partial charge in [-0.25, -0.2) is 4.98 Å². The minimum Gasteiger partial charge on any atom is -0.464 e. The summed E-state index contributed by atoms with van der Waals surface area (Å²) in [6.07, 6.45) is 0. The van der Waals surface area contributed by atoms with Crippen LogP contribution >= 0.6 is 0 Å². The second kappa shape index (κ2) is 5.86. The summed E-state index contributed by atoms with van der Waals surface area (Å²) < 4.78 is 6.64. The van der Waals surface area contributed by atoms with Gasteiger partial charge in [-0.05, 0) is 19.1 Å². The van der Waals surface area contributed by atoms with E-state index >= 15 is 0 Å². The maximum Gasteiger partial charge on any atom is 0.308 e. The Balaban J connectivity index is 2.22. The summed E-state index contributed by atoms with van der Waals surface area (Å²) in [6, 6.07) is 7.22. The molecule has 1 aromatic carbocycles. The average molecular weight is 274 g/mol. The summed E-state index contributed by atoms with van der Waals surface area (Å²) in [4.78, 5) is 28.1. The lowest BCUT2D eigenvalue weighted by Gasteiger charge is -2.12. The van der Waals surface area contributed by atoms with E-state index in [-0.39, 0.29) is 24.1 Å². The minimum atomic E-state index is -0.260. The van der Waals surface area contributed by atoms with Crippen molar-refractivity contribution in [2.24, 2.45) is 5.92 Å². The normalized spacial score (nSPS) is 11.0. The molecule has 0 aliphatic carbocycles. The number of carbonyl (C=O) groups excluding carboxylic acids is 1. The predicted molar refractivity (Wildman–Crippen MR) is 76.5 cm³/mol. The number of ether oxygens (including phenoxy) is 1. The molecule has 0 bridgehead atoms. The van der Waals surface area contributed by atoms with Gasteiger partial charge in [-0.1, -0.05) is 26.0 Å². The zero-order valence-electron chi connectivity index (χ0n) is 11.9. The zero-order chi connectivity index (χ0) is 14.7. The Morgan fingerprint density at radius 2 is 2.05 bits per heavy atom. The van der Waals surface area contributed by atoms with Gasteiger partial charge in [0.25, 0.3) is 5.56 Å². The lowest BCUT2D eigenvalue weighted by atomic mass is 10.2. The SMILES string of the molecule is Cc1nc2ccccc2c(=O)n1CCOC(=O)C(C)C. The van der Waals surface area contributed by atoms with Gasteiger partial charge in [0.05, 0.1) is 23.4 Å². The first-order valence-corrected chi connectivity index (χ1v) is 6.63. The number of carbonyl (C=O) groups is 1. The van der Waals surface area contributed by atoms with Crippen molar-refractivity contribution in [2.45, 2.75) is 27.3 Å². The highest BCUT2D eigenvalue weighted by atomic mass is 16.5. The highest BCUT2D eigenvalue weighted by Gasteiger charge is 2.10. The summed E-state index contributed by atoms with van der Waals surface area (Å²) in [5.41, 5.74) is 0.583. The molecular weight excluding hydrogens is 256 g/mol. The standard InChI is InChI=1S/C15H18N2O3/c1-10(2)15(19)20-9-8-17-11(3)16-13-7-5-4-6-12(13)14(17)18/h4-7,10H,8-9H2,1-3H3. The molecule has 0 atom stereocenters. The van der Waals surface area contributed by atoms with Gasteiger partial charge in [0, 0.05) is 0 Å². The molecule has 20 heavy (non-hydrogen) atoms. The summed E-state index contributed by atoms with van der Waals surface area (Å²) in [5, 5.41) is 0.577. The molecule has 0 saturated heterocycles. The van der Waals surface area contributed by atoms with Crippen LogP contribution in [-0.4, -0.2) is 22.1 Å². The number of aromatic nitrogens is 2. The van der Waals surface area contributed by atoms with Gasteiger partial charge in [-0.2, -0.15) is 0 Å². The molecule has 5 nitrogen and oxygen atoms in total. The molecule has 0 amide bonds. The van der Waals surface area contributed by atoms with Gasteiger partial charge in [0.15, 0.2) is 0 Å². The third-order valence-corrected chi connectivity index (χ3v) is 3.08. The van der Waals surface area contributed by atoms with E-state index in [1.807, 2.05) is 18.2 Å². The van der Waals surface area contributed by atoms with Crippen molar-refractivity contribution in [3.63, 3.8) is 0 Å². The van der Waals surface area contributed by atoms with E-state index in [2.05, 4.69) is 4.98 Å². The van der Waals surface area contributed by atoms with Crippen molar-refractivity contribution in [1.82, 2.24) is 9.55 Å². The molecule has 106 valence electrons. The number of nitrogens with zero attached hydrogens (tertiary/aromatic N) is 2. The minimum absolute atomic E-state index is 0.103. The fraction of sp³-hybridized carbons (Fsp3) is 0.400. The lowest BCUT2D eigenvalue weighted by Crippen LogP contribution is -2.27. The molecule has 5 heteroatoms. The van der Waals surface area contributed by atoms with Crippen molar-refractivity contribution >= 4 is 16.9 Å². The van der Waals surface area contributed by atoms with Gasteiger partial charge < -0.3 is 4.74 Å². The van der Waals surface area contributed by atoms with Gasteiger partial charge >= 0.3 is 5.97 Å². The van der Waals surface area contributed by atoms with Crippen LogP contribution in [0.25, 0.3) is 10.9 Å². The third kappa shape index (κ3) is 2.87. The third-order valence-electron chi connectivity index (χ3n) is 3.08. The number of esters is 1. The average Bonchev–Trinajstić information content (AvgIpc) is 2.42. The quantitative estimate of drug-likeness (QED) is 0.799. The van der Waals surface area contributed by atoms with Crippen molar-refractivity contribution in [3.8, 4) is 0 Å². The van der Waals surface area contributed by atoms with E-state index < -0.39 is 0 Å². The van der Waals surface area contributed by atoms with Gasteiger partial charge in [0.2, 0.25) is 0 Å². The summed E-state index contributed by atoms with van der Waals surface area (Å²) in [5.74, 6) is 0.196. The largest absolute Gasteiger partial charge is 0.464 e. The predicted octanol–water partition coefficient (Wildman–Crippen LogP) is 1.90. The molecule has 1 aromatic heterocycles. The van der Waals surface area contributed by atoms with E-state index in [0.29, 0.717) is 23.3 Å². The van der Waals surface area contributed by atoms with E-state index in [1.54, 1.807) is 26.8 Å². The van der Waals surface area contributed by atoms with E-state index in [4.69, 9.17) is 4.74 Å². The molecular formula is C15H18N2O3. The Hall–Kier alpha value is -2.17. The van der Waals surface area contributed by atoms with E-state index in [9.17, 15) is 9.59 Å². The molecule has 0 aliphatic rings. The highest BCUT2D eigenvalue weighted by molar-refractivity contribution is 5.77. The molecule has 0 unspecified atom stereocenters. The van der Waals surface area contributed by atoms with E-state index in [1.165, 1.54) is 4.57 Å². The number of rotatable bonds is 4. The first-order chi connectivity index (χ1) is 9.50. The second-order valence-corrected chi connectivity index (χ2v) is 4.96. The molecule has 1 heterocycles. The Bertz CT molecular complexity index is 689. The Morgan fingerprint density at radius 3 is 2.75 bits per heavy atom. The smallest absolute Gasteiger partial charge is 0.308 e. The first-order valence-electron chi connectivity index (χ1n) is 6.63. The molecule has 0 spiro atoms. The fourth-order valence-corrected chi connectivity index (χ4v) is 1.95. The van der Waals surface area contributed by atoms with Crippen LogP contribution in [0.4, 0.5) is 0 Å². The molecule has 2 rings (SSSR count). The summed E-state index contributed by atoms with van der Waals surface area (Å²) >= 11 is 0. The Morgan fingerprint density at radius 1 is 1.35 bits per heavy atom. The van der Waals surface area contributed by atoms with Crippen molar-refractivity contribution < 1.29 is 9.53 Å². The highest BCUT2D eigenvalue weighted by Crippen LogP contribution is 2.07. The van der Waals surface area contributed by atoms with Crippen molar-refractivity contribution in [1.29, 1.82) is 0 Å². The number of aryl methyl sites for hydroxylation is 1. The van der Waals surface area contributed by atoms with Crippen molar-refractivity contribution in [2.75, 3.05) is 6.61 Å². The van der Waals surface area contributed by atoms with Crippen LogP contribution in [-0.2, 0) is 16.1 Å².